The Bertz CT molecular complexity index is 1850. The Balaban J connectivity index is 1.04. The molecule has 1 aromatic carbocycles. The molecule has 3 aliphatic heterocycles. The second-order valence-corrected chi connectivity index (χ2v) is 12.5. The number of ether oxygens (including phenoxy) is 1. The number of nitrogen functional groups attached to an aromatic ring is 1. The number of pyridine rings is 2. The highest BCUT2D eigenvalue weighted by Crippen LogP contribution is 2.42. The lowest BCUT2D eigenvalue weighted by Crippen LogP contribution is -2.43. The van der Waals surface area contributed by atoms with E-state index in [-0.39, 0.29) is 47.2 Å². The van der Waals surface area contributed by atoms with E-state index in [9.17, 15) is 18.4 Å². The average molecular weight is 685 g/mol. The first-order chi connectivity index (χ1) is 24.1. The highest BCUT2D eigenvalue weighted by molar-refractivity contribution is 6.13. The molecule has 2 fully saturated rings. The molecule has 0 bridgehead atoms. The minimum absolute atomic E-state index is 0.0255. The first kappa shape index (κ1) is 34.3. The molecular weight excluding hydrogens is 646 g/mol. The predicted molar refractivity (Wildman–Crippen MR) is 186 cm³/mol. The first-order valence-corrected chi connectivity index (χ1v) is 16.2. The highest BCUT2D eigenvalue weighted by Gasteiger charge is 2.51. The van der Waals surface area contributed by atoms with E-state index in [1.807, 2.05) is 29.2 Å². The van der Waals surface area contributed by atoms with Crippen LogP contribution in [0.1, 0.15) is 41.6 Å². The van der Waals surface area contributed by atoms with Crippen molar-refractivity contribution in [3.8, 4) is 5.88 Å². The molecule has 0 unspecified atom stereocenters. The fraction of sp³-hybridized carbons (Fsp3) is 0.343. The number of rotatable bonds is 10. The van der Waals surface area contributed by atoms with E-state index in [0.29, 0.717) is 56.9 Å². The fourth-order valence-corrected chi connectivity index (χ4v) is 6.64. The molecule has 2 saturated heterocycles. The topological polar surface area (TPSA) is 177 Å². The third kappa shape index (κ3) is 7.22. The minimum atomic E-state index is -3.01. The number of carbonyl (C=O) groups is 2. The average Bonchev–Trinajstić information content (AvgIpc) is 3.68. The molecule has 0 aliphatic carbocycles. The van der Waals surface area contributed by atoms with Crippen LogP contribution in [0.4, 0.5) is 20.3 Å². The van der Waals surface area contributed by atoms with Gasteiger partial charge >= 0.3 is 6.61 Å². The highest BCUT2D eigenvalue weighted by atomic mass is 19.3. The molecular formula is C35H38F2N10O3. The standard InChI is InChI=1S/C35H38F2N10O3/c1-41-21-43-32(40)24-4-2-22(3-5-24)23-10-14-46(15-11-23)29(48)19-45-16-12-35(20-45)13-17-47(33(35)49)27-8-7-26(38)31(44-27)30(39)25-6-9-28(42-18-25)50-34(36)37/h2-10,18,21,34,39H,11-17,19-20,38H2,1H3,(H2,40,41,43)/t35-/m0/s1. The number of anilines is 2. The van der Waals surface area contributed by atoms with Gasteiger partial charge in [0.15, 0.2) is 5.84 Å². The second-order valence-electron chi connectivity index (χ2n) is 12.5. The van der Waals surface area contributed by atoms with Crippen molar-refractivity contribution in [1.82, 2.24) is 25.1 Å². The number of benzene rings is 1. The van der Waals surface area contributed by atoms with Crippen LogP contribution >= 0.6 is 0 Å². The SMILES string of the molecule is CN/C=N\C(=N)c1ccc(C2=CCN(C(=O)CN3CC[C@]4(CCN(c5ccc(N)c(C(=N)c6ccc(OC(F)F)nc6)n5)C4=O)C3)CC2)cc1. The summed E-state index contributed by atoms with van der Waals surface area (Å²) in [5.41, 5.74) is 9.06. The largest absolute Gasteiger partial charge is 0.417 e. The van der Waals surface area contributed by atoms with E-state index in [1.165, 1.54) is 24.7 Å². The van der Waals surface area contributed by atoms with Gasteiger partial charge in [0.2, 0.25) is 17.7 Å². The van der Waals surface area contributed by atoms with Gasteiger partial charge < -0.3 is 20.7 Å². The molecule has 0 radical (unpaired) electrons. The van der Waals surface area contributed by atoms with Gasteiger partial charge in [-0.1, -0.05) is 30.3 Å². The molecule has 3 aromatic rings. The second kappa shape index (κ2) is 14.5. The normalized spacial score (nSPS) is 19.4. The van der Waals surface area contributed by atoms with Gasteiger partial charge in [-0.05, 0) is 55.1 Å². The van der Waals surface area contributed by atoms with Crippen LogP contribution in [0, 0.1) is 16.2 Å². The number of aromatic nitrogens is 2. The molecule has 50 heavy (non-hydrogen) atoms. The zero-order valence-electron chi connectivity index (χ0n) is 27.5. The summed E-state index contributed by atoms with van der Waals surface area (Å²) < 4.78 is 29.3. The zero-order valence-corrected chi connectivity index (χ0v) is 27.5. The van der Waals surface area contributed by atoms with Gasteiger partial charge in [-0.15, -0.1) is 0 Å². The maximum Gasteiger partial charge on any atom is 0.388 e. The number of aliphatic imine (C=N–C) groups is 1. The molecule has 3 aliphatic rings. The number of nitrogens with two attached hydrogens (primary N) is 1. The molecule has 5 heterocycles. The van der Waals surface area contributed by atoms with Crippen molar-refractivity contribution >= 4 is 46.8 Å². The number of nitrogens with zero attached hydrogens (tertiary/aromatic N) is 6. The molecule has 2 amide bonds. The van der Waals surface area contributed by atoms with Crippen molar-refractivity contribution in [1.29, 1.82) is 10.8 Å². The summed E-state index contributed by atoms with van der Waals surface area (Å²) in [6.45, 7) is -0.129. The number of hydrogen-bond donors (Lipinski definition) is 4. The van der Waals surface area contributed by atoms with E-state index in [4.69, 9.17) is 16.6 Å². The van der Waals surface area contributed by atoms with E-state index in [1.54, 1.807) is 24.1 Å². The van der Waals surface area contributed by atoms with Crippen molar-refractivity contribution < 1.29 is 23.1 Å². The van der Waals surface area contributed by atoms with Crippen LogP contribution in [0.2, 0.25) is 0 Å². The Morgan fingerprint density at radius 1 is 1.10 bits per heavy atom. The van der Waals surface area contributed by atoms with Crippen LogP contribution in [0.3, 0.4) is 0 Å². The maximum absolute atomic E-state index is 13.9. The van der Waals surface area contributed by atoms with Gasteiger partial charge in [0.1, 0.15) is 11.5 Å². The fourth-order valence-electron chi connectivity index (χ4n) is 6.64. The Morgan fingerprint density at radius 2 is 1.86 bits per heavy atom. The van der Waals surface area contributed by atoms with Crippen LogP contribution in [-0.2, 0) is 9.59 Å². The Kier molecular flexibility index (Phi) is 9.95. The van der Waals surface area contributed by atoms with Gasteiger partial charge in [-0.3, -0.25) is 30.2 Å². The van der Waals surface area contributed by atoms with Crippen molar-refractivity contribution in [2.45, 2.75) is 25.9 Å². The zero-order chi connectivity index (χ0) is 35.4. The van der Waals surface area contributed by atoms with Crippen LogP contribution in [0.5, 0.6) is 5.88 Å². The number of likely N-dealkylation sites (tertiary alicyclic amines) is 1. The van der Waals surface area contributed by atoms with Crippen molar-refractivity contribution in [3.63, 3.8) is 0 Å². The third-order valence-electron chi connectivity index (χ3n) is 9.38. The molecule has 5 N–H and O–H groups in total. The molecule has 6 rings (SSSR count). The Hall–Kier alpha value is -5.57. The number of hydrogen-bond acceptors (Lipinski definition) is 9. The molecule has 1 atom stereocenters. The lowest BCUT2D eigenvalue weighted by atomic mass is 9.85. The monoisotopic (exact) mass is 684 g/mol. The first-order valence-electron chi connectivity index (χ1n) is 16.2. The number of nitrogens with one attached hydrogen (secondary N) is 3. The third-order valence-corrected chi connectivity index (χ3v) is 9.38. The molecule has 15 heteroatoms. The van der Waals surface area contributed by atoms with E-state index >= 15 is 0 Å². The van der Waals surface area contributed by atoms with Crippen LogP contribution in [0.25, 0.3) is 5.57 Å². The summed E-state index contributed by atoms with van der Waals surface area (Å²) in [6, 6.07) is 13.6. The van der Waals surface area contributed by atoms with Crippen LogP contribution in [0.15, 0.2) is 65.8 Å². The van der Waals surface area contributed by atoms with Crippen LogP contribution in [-0.4, -0.2) is 102 Å². The number of carbonyl (C=O) groups excluding carboxylic acids is 2. The molecule has 2 aromatic heterocycles. The summed E-state index contributed by atoms with van der Waals surface area (Å²) in [4.78, 5) is 45.1. The van der Waals surface area contributed by atoms with Gasteiger partial charge in [0, 0.05) is 56.6 Å². The smallest absolute Gasteiger partial charge is 0.388 e. The summed E-state index contributed by atoms with van der Waals surface area (Å²) >= 11 is 0. The van der Waals surface area contributed by atoms with Gasteiger partial charge in [0.25, 0.3) is 0 Å². The number of alkyl halides is 2. The van der Waals surface area contributed by atoms with E-state index < -0.39 is 12.0 Å². The summed E-state index contributed by atoms with van der Waals surface area (Å²) in [5, 5.41) is 19.5. The summed E-state index contributed by atoms with van der Waals surface area (Å²) in [7, 11) is 1.73. The molecule has 1 spiro atoms. The number of halogens is 2. The van der Waals surface area contributed by atoms with Crippen LogP contribution < -0.4 is 20.7 Å². The van der Waals surface area contributed by atoms with Crippen molar-refractivity contribution in [2.24, 2.45) is 10.4 Å². The van der Waals surface area contributed by atoms with Crippen molar-refractivity contribution in [3.05, 3.63) is 83.2 Å². The molecule has 260 valence electrons. The lowest BCUT2D eigenvalue weighted by Gasteiger charge is -2.29. The maximum atomic E-state index is 13.9. The Morgan fingerprint density at radius 3 is 2.54 bits per heavy atom. The van der Waals surface area contributed by atoms with Gasteiger partial charge in [0.05, 0.1) is 29.7 Å². The molecule has 13 nitrogen and oxygen atoms in total. The van der Waals surface area contributed by atoms with E-state index in [0.717, 1.165) is 23.1 Å². The minimum Gasteiger partial charge on any atom is -0.417 e. The lowest BCUT2D eigenvalue weighted by molar-refractivity contribution is -0.132. The van der Waals surface area contributed by atoms with Crippen molar-refractivity contribution in [2.75, 3.05) is 56.9 Å². The summed E-state index contributed by atoms with van der Waals surface area (Å²) in [5.74, 6) is 0.221. The molecule has 0 saturated carbocycles. The Labute approximate surface area is 287 Å². The van der Waals surface area contributed by atoms with E-state index in [2.05, 4.69) is 36.0 Å². The summed E-state index contributed by atoms with van der Waals surface area (Å²) in [6.07, 6.45) is 6.74. The predicted octanol–water partition coefficient (Wildman–Crippen LogP) is 3.39. The van der Waals surface area contributed by atoms with Gasteiger partial charge in [-0.25, -0.2) is 15.0 Å². The number of amides is 2. The quantitative estimate of drug-likeness (QED) is 0.186. The van der Waals surface area contributed by atoms with Gasteiger partial charge in [-0.2, -0.15) is 8.78 Å². The number of amidine groups is 1.